The quantitative estimate of drug-likeness (QED) is 0.699. The molecule has 0 saturated carbocycles. The summed E-state index contributed by atoms with van der Waals surface area (Å²) < 4.78 is 18.6. The van der Waals surface area contributed by atoms with Crippen LogP contribution < -0.4 is 4.90 Å². The van der Waals surface area contributed by atoms with Crippen LogP contribution >= 0.6 is 11.3 Å². The monoisotopic (exact) mass is 357 g/mol. The van der Waals surface area contributed by atoms with Gasteiger partial charge in [-0.1, -0.05) is 11.2 Å². The summed E-state index contributed by atoms with van der Waals surface area (Å²) in [7, 11) is 0. The molecule has 1 aliphatic rings. The molecule has 2 aromatic heterocycles. The van der Waals surface area contributed by atoms with Gasteiger partial charge in [-0.25, -0.2) is 4.39 Å². The van der Waals surface area contributed by atoms with Crippen molar-refractivity contribution in [3.8, 4) is 10.6 Å². The fourth-order valence-corrected chi connectivity index (χ4v) is 3.86. The predicted molar refractivity (Wildman–Crippen MR) is 98.3 cm³/mol. The summed E-state index contributed by atoms with van der Waals surface area (Å²) in [6.07, 6.45) is 1.08. The summed E-state index contributed by atoms with van der Waals surface area (Å²) in [5.41, 5.74) is 2.06. The lowest BCUT2D eigenvalue weighted by Gasteiger charge is -2.23. The first-order chi connectivity index (χ1) is 12.3. The Morgan fingerprint density at radius 3 is 2.76 bits per heavy atom. The second kappa shape index (κ2) is 7.37. The molecular formula is C19H20FN3OS. The minimum atomic E-state index is -0.187. The first kappa shape index (κ1) is 16.3. The molecule has 0 bridgehead atoms. The van der Waals surface area contributed by atoms with Crippen molar-refractivity contribution < 1.29 is 8.91 Å². The van der Waals surface area contributed by atoms with Gasteiger partial charge in [0, 0.05) is 44.5 Å². The van der Waals surface area contributed by atoms with E-state index in [1.165, 1.54) is 12.1 Å². The fourth-order valence-electron chi connectivity index (χ4n) is 3.19. The van der Waals surface area contributed by atoms with E-state index < -0.39 is 0 Å². The van der Waals surface area contributed by atoms with Gasteiger partial charge in [-0.15, -0.1) is 11.3 Å². The van der Waals surface area contributed by atoms with Crippen molar-refractivity contribution in [1.29, 1.82) is 0 Å². The molecule has 4 nitrogen and oxygen atoms in total. The second-order valence-electron chi connectivity index (χ2n) is 6.25. The lowest BCUT2D eigenvalue weighted by atomic mass is 10.2. The lowest BCUT2D eigenvalue weighted by molar-refractivity contribution is 0.275. The van der Waals surface area contributed by atoms with Gasteiger partial charge < -0.3 is 9.42 Å². The van der Waals surface area contributed by atoms with Crippen LogP contribution in [0, 0.1) is 5.82 Å². The number of benzene rings is 1. The number of halogens is 1. The topological polar surface area (TPSA) is 32.5 Å². The number of rotatable bonds is 4. The van der Waals surface area contributed by atoms with Gasteiger partial charge in [0.1, 0.15) is 5.82 Å². The maximum absolute atomic E-state index is 13.1. The molecule has 130 valence electrons. The first-order valence-corrected chi connectivity index (χ1v) is 9.38. The van der Waals surface area contributed by atoms with Gasteiger partial charge in [0.15, 0.2) is 5.76 Å². The summed E-state index contributed by atoms with van der Waals surface area (Å²) in [6.45, 7) is 4.70. The summed E-state index contributed by atoms with van der Waals surface area (Å²) in [5.74, 6) is 0.653. The minimum absolute atomic E-state index is 0.187. The zero-order valence-corrected chi connectivity index (χ0v) is 14.7. The maximum atomic E-state index is 13.1. The highest BCUT2D eigenvalue weighted by atomic mass is 32.1. The molecule has 3 aromatic rings. The van der Waals surface area contributed by atoms with E-state index in [-0.39, 0.29) is 5.82 Å². The SMILES string of the molecule is Fc1ccc(N2CCCN(Cc3cc(-c4cccs4)on3)CC2)cc1. The number of aromatic nitrogens is 1. The number of hydrogen-bond acceptors (Lipinski definition) is 5. The molecule has 0 amide bonds. The van der Waals surface area contributed by atoms with E-state index in [1.54, 1.807) is 11.3 Å². The lowest BCUT2D eigenvalue weighted by Crippen LogP contribution is -2.30. The third kappa shape index (κ3) is 3.91. The molecule has 1 aliphatic heterocycles. The van der Waals surface area contributed by atoms with E-state index in [0.29, 0.717) is 0 Å². The number of hydrogen-bond donors (Lipinski definition) is 0. The van der Waals surface area contributed by atoms with Crippen LogP contribution in [0.1, 0.15) is 12.1 Å². The van der Waals surface area contributed by atoms with Crippen LogP contribution in [-0.2, 0) is 6.54 Å². The van der Waals surface area contributed by atoms with E-state index in [2.05, 4.69) is 15.0 Å². The molecule has 0 unspecified atom stereocenters. The van der Waals surface area contributed by atoms with Gasteiger partial charge in [0.05, 0.1) is 10.6 Å². The smallest absolute Gasteiger partial charge is 0.177 e. The summed E-state index contributed by atoms with van der Waals surface area (Å²) in [5, 5.41) is 6.26. The Bertz CT molecular complexity index is 800. The van der Waals surface area contributed by atoms with Crippen LogP contribution in [0.25, 0.3) is 10.6 Å². The molecule has 3 heterocycles. The van der Waals surface area contributed by atoms with Crippen molar-refractivity contribution in [3.05, 3.63) is 59.4 Å². The Labute approximate surface area is 150 Å². The molecule has 0 N–H and O–H groups in total. The molecule has 25 heavy (non-hydrogen) atoms. The van der Waals surface area contributed by atoms with Crippen molar-refractivity contribution in [3.63, 3.8) is 0 Å². The normalized spacial score (nSPS) is 16.1. The highest BCUT2D eigenvalue weighted by molar-refractivity contribution is 7.13. The summed E-state index contributed by atoms with van der Waals surface area (Å²) in [6, 6.07) is 12.9. The predicted octanol–water partition coefficient (Wildman–Crippen LogP) is 4.25. The highest BCUT2D eigenvalue weighted by Gasteiger charge is 2.17. The van der Waals surface area contributed by atoms with Crippen LogP contribution in [0.15, 0.2) is 52.4 Å². The van der Waals surface area contributed by atoms with Crippen LogP contribution in [0.3, 0.4) is 0 Å². The van der Waals surface area contributed by atoms with Crippen molar-refractivity contribution in [2.45, 2.75) is 13.0 Å². The molecule has 1 saturated heterocycles. The van der Waals surface area contributed by atoms with Crippen LogP contribution in [0.4, 0.5) is 10.1 Å². The number of anilines is 1. The van der Waals surface area contributed by atoms with Gasteiger partial charge in [0.25, 0.3) is 0 Å². The van der Waals surface area contributed by atoms with Crippen LogP contribution in [0.5, 0.6) is 0 Å². The van der Waals surface area contributed by atoms with Crippen LogP contribution in [0.2, 0.25) is 0 Å². The molecule has 6 heteroatoms. The van der Waals surface area contributed by atoms with Gasteiger partial charge in [-0.3, -0.25) is 4.90 Å². The molecule has 0 atom stereocenters. The Kier molecular flexibility index (Phi) is 4.81. The van der Waals surface area contributed by atoms with E-state index >= 15 is 0 Å². The molecule has 1 fully saturated rings. The van der Waals surface area contributed by atoms with Crippen molar-refractivity contribution in [2.24, 2.45) is 0 Å². The Hall–Kier alpha value is -2.18. The average molecular weight is 357 g/mol. The molecule has 0 spiro atoms. The maximum Gasteiger partial charge on any atom is 0.177 e. The Morgan fingerprint density at radius 1 is 1.08 bits per heavy atom. The average Bonchev–Trinajstić information content (AvgIpc) is 3.25. The standard InChI is InChI=1S/C19H20FN3OS/c20-15-4-6-17(7-5-15)23-9-2-8-22(10-11-23)14-16-13-18(24-21-16)19-3-1-12-25-19/h1,3-7,12-13H,2,8-11,14H2. The molecule has 4 rings (SSSR count). The summed E-state index contributed by atoms with van der Waals surface area (Å²) >= 11 is 1.66. The van der Waals surface area contributed by atoms with E-state index in [9.17, 15) is 4.39 Å². The zero-order valence-electron chi connectivity index (χ0n) is 13.9. The van der Waals surface area contributed by atoms with Crippen LogP contribution in [-0.4, -0.2) is 36.2 Å². The van der Waals surface area contributed by atoms with Gasteiger partial charge in [-0.05, 0) is 42.1 Å². The fraction of sp³-hybridized carbons (Fsp3) is 0.316. The Morgan fingerprint density at radius 2 is 1.96 bits per heavy atom. The largest absolute Gasteiger partial charge is 0.370 e. The van der Waals surface area contributed by atoms with Gasteiger partial charge in [-0.2, -0.15) is 0 Å². The number of thiophene rings is 1. The highest BCUT2D eigenvalue weighted by Crippen LogP contribution is 2.25. The van der Waals surface area contributed by atoms with Gasteiger partial charge >= 0.3 is 0 Å². The molecule has 0 radical (unpaired) electrons. The van der Waals surface area contributed by atoms with E-state index in [0.717, 1.165) is 61.2 Å². The molecular weight excluding hydrogens is 337 g/mol. The Balaban J connectivity index is 1.37. The molecule has 1 aromatic carbocycles. The van der Waals surface area contributed by atoms with Crippen molar-refractivity contribution >= 4 is 17.0 Å². The van der Waals surface area contributed by atoms with E-state index in [1.807, 2.05) is 35.7 Å². The molecule has 0 aliphatic carbocycles. The van der Waals surface area contributed by atoms with E-state index in [4.69, 9.17) is 4.52 Å². The third-order valence-electron chi connectivity index (χ3n) is 4.49. The van der Waals surface area contributed by atoms with Crippen molar-refractivity contribution in [2.75, 3.05) is 31.1 Å². The third-order valence-corrected chi connectivity index (χ3v) is 5.37. The zero-order chi connectivity index (χ0) is 17.1. The first-order valence-electron chi connectivity index (χ1n) is 8.50. The second-order valence-corrected chi connectivity index (χ2v) is 7.20. The number of nitrogens with zero attached hydrogens (tertiary/aromatic N) is 3. The van der Waals surface area contributed by atoms with Crippen molar-refractivity contribution in [1.82, 2.24) is 10.1 Å². The minimum Gasteiger partial charge on any atom is -0.370 e. The summed E-state index contributed by atoms with van der Waals surface area (Å²) in [4.78, 5) is 5.83. The van der Waals surface area contributed by atoms with Gasteiger partial charge in [0.2, 0.25) is 0 Å².